The fourth-order valence-corrected chi connectivity index (χ4v) is 3.38. The highest BCUT2D eigenvalue weighted by molar-refractivity contribution is 7.99. The van der Waals surface area contributed by atoms with E-state index in [1.54, 1.807) is 18.2 Å². The molecule has 0 radical (unpaired) electrons. The lowest BCUT2D eigenvalue weighted by Crippen LogP contribution is -2.16. The number of anilines is 2. The molecule has 2 aromatic carbocycles. The molecule has 1 heterocycles. The van der Waals surface area contributed by atoms with Crippen molar-refractivity contribution in [1.82, 2.24) is 14.9 Å². The first-order chi connectivity index (χ1) is 13.9. The summed E-state index contributed by atoms with van der Waals surface area (Å²) in [6.07, 6.45) is 1.51. The standard InChI is InChI=1S/C18H17Cl2N7OS/c1-11-3-2-4-14(7-11)23-16(28)10-29-18-26-25-17(27(18)21)24-22-9-12-5-6-13(19)8-15(12)20/h2-9H,10,21H2,1H3,(H,23,28)(H,24,25)/b22-9+. The van der Waals surface area contributed by atoms with E-state index in [1.165, 1.54) is 10.9 Å². The van der Waals surface area contributed by atoms with E-state index >= 15 is 0 Å². The zero-order chi connectivity index (χ0) is 20.8. The van der Waals surface area contributed by atoms with Crippen LogP contribution in [-0.4, -0.2) is 32.7 Å². The summed E-state index contributed by atoms with van der Waals surface area (Å²) in [5, 5.41) is 16.1. The summed E-state index contributed by atoms with van der Waals surface area (Å²) in [6.45, 7) is 1.96. The van der Waals surface area contributed by atoms with Gasteiger partial charge in [0.15, 0.2) is 0 Å². The van der Waals surface area contributed by atoms with Gasteiger partial charge in [-0.25, -0.2) is 10.1 Å². The molecule has 0 aliphatic carbocycles. The average Bonchev–Trinajstić information content (AvgIpc) is 3.02. The molecular formula is C18H17Cl2N7OS. The van der Waals surface area contributed by atoms with E-state index in [1.807, 2.05) is 31.2 Å². The Morgan fingerprint density at radius 1 is 1.28 bits per heavy atom. The van der Waals surface area contributed by atoms with Crippen LogP contribution in [0.25, 0.3) is 0 Å². The summed E-state index contributed by atoms with van der Waals surface area (Å²) in [7, 11) is 0. The molecule has 1 aromatic heterocycles. The molecule has 150 valence electrons. The lowest BCUT2D eigenvalue weighted by Gasteiger charge is -2.06. The Labute approximate surface area is 181 Å². The molecular weight excluding hydrogens is 433 g/mol. The van der Waals surface area contributed by atoms with Gasteiger partial charge in [-0.15, -0.1) is 10.2 Å². The number of thioether (sulfide) groups is 1. The van der Waals surface area contributed by atoms with Crippen LogP contribution in [-0.2, 0) is 4.79 Å². The van der Waals surface area contributed by atoms with Crippen molar-refractivity contribution in [1.29, 1.82) is 0 Å². The van der Waals surface area contributed by atoms with Gasteiger partial charge >= 0.3 is 0 Å². The van der Waals surface area contributed by atoms with E-state index in [9.17, 15) is 4.79 Å². The van der Waals surface area contributed by atoms with Crippen molar-refractivity contribution in [3.63, 3.8) is 0 Å². The first-order valence-electron chi connectivity index (χ1n) is 8.36. The molecule has 0 aliphatic heterocycles. The van der Waals surface area contributed by atoms with Gasteiger partial charge in [-0.3, -0.25) is 4.79 Å². The highest BCUT2D eigenvalue weighted by Crippen LogP contribution is 2.20. The largest absolute Gasteiger partial charge is 0.334 e. The Morgan fingerprint density at radius 3 is 2.86 bits per heavy atom. The molecule has 8 nitrogen and oxygen atoms in total. The third-order valence-corrected chi connectivity index (χ3v) is 5.13. The number of hydrogen-bond donors (Lipinski definition) is 3. The number of rotatable bonds is 7. The van der Waals surface area contributed by atoms with Crippen molar-refractivity contribution in [2.45, 2.75) is 12.1 Å². The number of benzene rings is 2. The van der Waals surface area contributed by atoms with Gasteiger partial charge in [0.05, 0.1) is 17.0 Å². The van der Waals surface area contributed by atoms with Crippen LogP contribution < -0.4 is 16.6 Å². The van der Waals surface area contributed by atoms with Crippen LogP contribution >= 0.6 is 35.0 Å². The number of nitrogen functional groups attached to an aromatic ring is 1. The number of carbonyl (C=O) groups is 1. The van der Waals surface area contributed by atoms with Crippen LogP contribution in [0.15, 0.2) is 52.7 Å². The van der Waals surface area contributed by atoms with Gasteiger partial charge in [-0.2, -0.15) is 5.10 Å². The predicted octanol–water partition coefficient (Wildman–Crippen LogP) is 3.78. The minimum Gasteiger partial charge on any atom is -0.334 e. The van der Waals surface area contributed by atoms with E-state index in [0.29, 0.717) is 20.8 Å². The summed E-state index contributed by atoms with van der Waals surface area (Å²) in [6, 6.07) is 12.6. The van der Waals surface area contributed by atoms with Crippen molar-refractivity contribution in [2.24, 2.45) is 5.10 Å². The molecule has 0 saturated carbocycles. The minimum absolute atomic E-state index is 0.132. The third-order valence-electron chi connectivity index (χ3n) is 3.63. The number of hydrazone groups is 1. The van der Waals surface area contributed by atoms with Crippen molar-refractivity contribution in [3.8, 4) is 0 Å². The minimum atomic E-state index is -0.173. The molecule has 0 spiro atoms. The number of nitrogens with zero attached hydrogens (tertiary/aromatic N) is 4. The summed E-state index contributed by atoms with van der Waals surface area (Å²) in [5.74, 6) is 6.13. The Hall–Kier alpha value is -2.75. The van der Waals surface area contributed by atoms with Gasteiger partial charge in [-0.05, 0) is 36.8 Å². The molecule has 29 heavy (non-hydrogen) atoms. The molecule has 0 aliphatic rings. The van der Waals surface area contributed by atoms with Gasteiger partial charge < -0.3 is 11.2 Å². The number of halogens is 2. The Bertz CT molecular complexity index is 1050. The van der Waals surface area contributed by atoms with Crippen LogP contribution in [0, 0.1) is 6.92 Å². The van der Waals surface area contributed by atoms with Gasteiger partial charge in [0.2, 0.25) is 11.1 Å². The normalized spacial score (nSPS) is 11.0. The van der Waals surface area contributed by atoms with Crippen molar-refractivity contribution in [2.75, 3.05) is 22.3 Å². The predicted molar refractivity (Wildman–Crippen MR) is 118 cm³/mol. The van der Waals surface area contributed by atoms with Crippen LogP contribution in [0.3, 0.4) is 0 Å². The molecule has 4 N–H and O–H groups in total. The van der Waals surface area contributed by atoms with Gasteiger partial charge in [0, 0.05) is 16.3 Å². The SMILES string of the molecule is Cc1cccc(NC(=O)CSc2nnc(N/N=C/c3ccc(Cl)cc3Cl)n2N)c1. The quantitative estimate of drug-likeness (QED) is 0.219. The van der Waals surface area contributed by atoms with Gasteiger partial charge in [0.25, 0.3) is 5.95 Å². The Balaban J connectivity index is 1.55. The molecule has 0 atom stereocenters. The highest BCUT2D eigenvalue weighted by Gasteiger charge is 2.12. The molecule has 0 unspecified atom stereocenters. The second-order valence-corrected chi connectivity index (χ2v) is 7.70. The first-order valence-corrected chi connectivity index (χ1v) is 10.1. The van der Waals surface area contributed by atoms with Crippen LogP contribution in [0.2, 0.25) is 10.0 Å². The summed E-state index contributed by atoms with van der Waals surface area (Å²) in [5.41, 5.74) is 5.16. The molecule has 0 saturated heterocycles. The highest BCUT2D eigenvalue weighted by atomic mass is 35.5. The summed E-state index contributed by atoms with van der Waals surface area (Å²) in [4.78, 5) is 12.1. The Morgan fingerprint density at radius 2 is 2.10 bits per heavy atom. The van der Waals surface area contributed by atoms with E-state index in [4.69, 9.17) is 29.0 Å². The molecule has 3 aromatic rings. The second kappa shape index (κ2) is 9.64. The maximum absolute atomic E-state index is 12.1. The van der Waals surface area contributed by atoms with Crippen molar-refractivity contribution in [3.05, 3.63) is 63.6 Å². The summed E-state index contributed by atoms with van der Waals surface area (Å²) >= 11 is 13.1. The van der Waals surface area contributed by atoms with Crippen molar-refractivity contribution >= 4 is 58.7 Å². The van der Waals surface area contributed by atoms with Gasteiger partial charge in [-0.1, -0.05) is 53.2 Å². The average molecular weight is 450 g/mol. The van der Waals surface area contributed by atoms with Crippen molar-refractivity contribution < 1.29 is 4.79 Å². The van der Waals surface area contributed by atoms with E-state index in [0.717, 1.165) is 23.0 Å². The molecule has 0 fully saturated rings. The fraction of sp³-hybridized carbons (Fsp3) is 0.111. The number of nitrogens with two attached hydrogens (primary N) is 1. The lowest BCUT2D eigenvalue weighted by molar-refractivity contribution is -0.113. The topological polar surface area (TPSA) is 110 Å². The van der Waals surface area contributed by atoms with E-state index in [-0.39, 0.29) is 17.6 Å². The number of amides is 1. The number of carbonyl (C=O) groups excluding carboxylic acids is 1. The number of aromatic nitrogens is 3. The zero-order valence-corrected chi connectivity index (χ0v) is 17.6. The smallest absolute Gasteiger partial charge is 0.264 e. The van der Waals surface area contributed by atoms with E-state index < -0.39 is 0 Å². The van der Waals surface area contributed by atoms with Crippen LogP contribution in [0.4, 0.5) is 11.6 Å². The number of hydrogen-bond acceptors (Lipinski definition) is 7. The first kappa shape index (κ1) is 21.0. The van der Waals surface area contributed by atoms with Crippen LogP contribution in [0.1, 0.15) is 11.1 Å². The molecule has 11 heteroatoms. The summed E-state index contributed by atoms with van der Waals surface area (Å²) < 4.78 is 1.21. The maximum atomic E-state index is 12.1. The second-order valence-electron chi connectivity index (χ2n) is 5.92. The fourth-order valence-electron chi connectivity index (χ4n) is 2.27. The number of aryl methyl sites for hydroxylation is 1. The lowest BCUT2D eigenvalue weighted by atomic mass is 10.2. The van der Waals surface area contributed by atoms with Gasteiger partial charge in [0.1, 0.15) is 0 Å². The number of nitrogens with one attached hydrogen (secondary N) is 2. The molecule has 0 bridgehead atoms. The molecule has 1 amide bonds. The third kappa shape index (κ3) is 5.86. The Kier molecular flexibility index (Phi) is 6.97. The zero-order valence-electron chi connectivity index (χ0n) is 15.3. The molecule has 3 rings (SSSR count). The van der Waals surface area contributed by atoms with E-state index in [2.05, 4.69) is 26.0 Å². The maximum Gasteiger partial charge on any atom is 0.264 e. The monoisotopic (exact) mass is 449 g/mol. The van der Waals surface area contributed by atoms with Crippen LogP contribution in [0.5, 0.6) is 0 Å².